The van der Waals surface area contributed by atoms with Crippen molar-refractivity contribution in [1.82, 2.24) is 15.5 Å². The Bertz CT molecular complexity index is 414. The van der Waals surface area contributed by atoms with Crippen LogP contribution < -0.4 is 5.32 Å². The van der Waals surface area contributed by atoms with Gasteiger partial charge >= 0.3 is 0 Å². The molecule has 1 amide bonds. The van der Waals surface area contributed by atoms with Gasteiger partial charge in [0.2, 0.25) is 11.8 Å². The number of nitrogens with one attached hydrogen (secondary N) is 1. The Balaban J connectivity index is 1.62. The summed E-state index contributed by atoms with van der Waals surface area (Å²) in [5, 5.41) is 6.82. The first-order valence-corrected chi connectivity index (χ1v) is 7.95. The van der Waals surface area contributed by atoms with Crippen molar-refractivity contribution in [3.8, 4) is 0 Å². The van der Waals surface area contributed by atoms with Gasteiger partial charge in [-0.05, 0) is 38.5 Å². The van der Waals surface area contributed by atoms with Gasteiger partial charge in [0.15, 0.2) is 5.82 Å². The summed E-state index contributed by atoms with van der Waals surface area (Å²) in [5.41, 5.74) is 0. The Morgan fingerprint density at radius 3 is 2.79 bits per heavy atom. The summed E-state index contributed by atoms with van der Waals surface area (Å²) in [4.78, 5) is 15.9. The number of aryl methyl sites for hydroxylation is 1. The van der Waals surface area contributed by atoms with Crippen LogP contribution in [0.4, 0.5) is 0 Å². The van der Waals surface area contributed by atoms with Gasteiger partial charge in [-0.2, -0.15) is 4.98 Å². The Morgan fingerprint density at radius 1 is 1.42 bits per heavy atom. The Hall–Kier alpha value is -1.04. The number of rotatable bonds is 5. The lowest BCUT2D eigenvalue weighted by Gasteiger charge is -2.26. The molecule has 0 aromatic carbocycles. The van der Waals surface area contributed by atoms with Crippen LogP contribution in [0.5, 0.6) is 0 Å². The molecular weight excluding hydrogens is 262 g/mol. The van der Waals surface area contributed by atoms with Crippen LogP contribution in [-0.4, -0.2) is 27.8 Å². The number of thioether (sulfide) groups is 1. The smallest absolute Gasteiger partial charge is 0.236 e. The van der Waals surface area contributed by atoms with Gasteiger partial charge in [-0.1, -0.05) is 12.1 Å². The topological polar surface area (TPSA) is 68.0 Å². The van der Waals surface area contributed by atoms with Crippen molar-refractivity contribution < 1.29 is 9.32 Å². The molecule has 0 aliphatic heterocycles. The average molecular weight is 283 g/mol. The van der Waals surface area contributed by atoms with Crippen molar-refractivity contribution in [1.29, 1.82) is 0 Å². The first-order chi connectivity index (χ1) is 9.13. The Labute approximate surface area is 117 Å². The maximum atomic E-state index is 11.8. The van der Waals surface area contributed by atoms with Gasteiger partial charge in [0.1, 0.15) is 0 Å². The largest absolute Gasteiger partial charge is 0.353 e. The zero-order valence-corrected chi connectivity index (χ0v) is 12.3. The molecule has 1 aliphatic carbocycles. The van der Waals surface area contributed by atoms with Crippen LogP contribution >= 0.6 is 11.8 Å². The third-order valence-corrected chi connectivity index (χ3v) is 4.33. The summed E-state index contributed by atoms with van der Waals surface area (Å²) in [6, 6.07) is 0.370. The number of nitrogens with zero attached hydrogens (tertiary/aromatic N) is 2. The lowest BCUT2D eigenvalue weighted by molar-refractivity contribution is -0.119. The van der Waals surface area contributed by atoms with E-state index in [1.165, 1.54) is 24.6 Å². The van der Waals surface area contributed by atoms with E-state index in [0.29, 0.717) is 29.3 Å². The first kappa shape index (κ1) is 14.4. The summed E-state index contributed by atoms with van der Waals surface area (Å²) in [5.74, 6) is 3.19. The van der Waals surface area contributed by atoms with Crippen LogP contribution in [0.25, 0.3) is 0 Å². The standard InChI is InChI=1S/C13H21N3O2S/c1-9-3-5-11(6-4-9)15-12(17)7-19-8-13-14-10(2)16-18-13/h9,11H,3-8H2,1-2H3,(H,15,17). The molecule has 1 N–H and O–H groups in total. The minimum absolute atomic E-state index is 0.112. The van der Waals surface area contributed by atoms with Crippen LogP contribution in [0.15, 0.2) is 4.52 Å². The van der Waals surface area contributed by atoms with Crippen LogP contribution in [0, 0.1) is 12.8 Å². The number of amides is 1. The molecule has 6 heteroatoms. The second kappa shape index (κ2) is 6.93. The molecule has 1 fully saturated rings. The molecule has 106 valence electrons. The molecule has 1 aromatic rings. The van der Waals surface area contributed by atoms with Gasteiger partial charge in [0.05, 0.1) is 11.5 Å². The lowest BCUT2D eigenvalue weighted by Crippen LogP contribution is -2.38. The molecule has 5 nitrogen and oxygen atoms in total. The highest BCUT2D eigenvalue weighted by molar-refractivity contribution is 7.99. The molecule has 1 saturated carbocycles. The molecule has 0 radical (unpaired) electrons. The van der Waals surface area contributed by atoms with Gasteiger partial charge in [-0.3, -0.25) is 4.79 Å². The highest BCUT2D eigenvalue weighted by Crippen LogP contribution is 2.23. The maximum absolute atomic E-state index is 11.8. The predicted molar refractivity (Wildman–Crippen MR) is 74.8 cm³/mol. The van der Waals surface area contributed by atoms with Crippen molar-refractivity contribution in [2.75, 3.05) is 5.75 Å². The first-order valence-electron chi connectivity index (χ1n) is 6.80. The number of carbonyl (C=O) groups is 1. The van der Waals surface area contributed by atoms with Gasteiger partial charge in [-0.15, -0.1) is 11.8 Å². The van der Waals surface area contributed by atoms with Crippen LogP contribution in [0.3, 0.4) is 0 Å². The minimum Gasteiger partial charge on any atom is -0.353 e. The zero-order valence-electron chi connectivity index (χ0n) is 11.5. The molecule has 0 bridgehead atoms. The van der Waals surface area contributed by atoms with E-state index in [-0.39, 0.29) is 5.91 Å². The second-order valence-electron chi connectivity index (χ2n) is 5.25. The summed E-state index contributed by atoms with van der Waals surface area (Å²) < 4.78 is 4.99. The number of aromatic nitrogens is 2. The fraction of sp³-hybridized carbons (Fsp3) is 0.769. The lowest BCUT2D eigenvalue weighted by atomic mass is 9.87. The summed E-state index contributed by atoms with van der Waals surface area (Å²) in [6.45, 7) is 4.06. The Kier molecular flexibility index (Phi) is 5.24. The van der Waals surface area contributed by atoms with E-state index in [1.54, 1.807) is 6.92 Å². The number of carbonyl (C=O) groups excluding carboxylic acids is 1. The van der Waals surface area contributed by atoms with E-state index >= 15 is 0 Å². The molecule has 19 heavy (non-hydrogen) atoms. The van der Waals surface area contributed by atoms with Crippen LogP contribution in [-0.2, 0) is 10.5 Å². The fourth-order valence-corrected chi connectivity index (χ4v) is 2.97. The van der Waals surface area contributed by atoms with Crippen LogP contribution in [0.2, 0.25) is 0 Å². The second-order valence-corrected chi connectivity index (χ2v) is 6.24. The van der Waals surface area contributed by atoms with E-state index in [9.17, 15) is 4.79 Å². The number of hydrogen-bond acceptors (Lipinski definition) is 5. The van der Waals surface area contributed by atoms with Crippen molar-refractivity contribution in [3.05, 3.63) is 11.7 Å². The third-order valence-electron chi connectivity index (χ3n) is 3.41. The van der Waals surface area contributed by atoms with Crippen molar-refractivity contribution >= 4 is 17.7 Å². The molecule has 0 saturated heterocycles. The SMILES string of the molecule is Cc1noc(CSCC(=O)NC2CCC(C)CC2)n1. The molecule has 0 atom stereocenters. The molecule has 0 spiro atoms. The number of hydrogen-bond donors (Lipinski definition) is 1. The van der Waals surface area contributed by atoms with Crippen LogP contribution in [0.1, 0.15) is 44.3 Å². The van der Waals surface area contributed by atoms with E-state index in [0.717, 1.165) is 18.8 Å². The molecule has 1 aliphatic rings. The zero-order chi connectivity index (χ0) is 13.7. The van der Waals surface area contributed by atoms with E-state index < -0.39 is 0 Å². The van der Waals surface area contributed by atoms with Crippen molar-refractivity contribution in [2.45, 2.75) is 51.3 Å². The Morgan fingerprint density at radius 2 is 2.16 bits per heavy atom. The predicted octanol–water partition coefficient (Wildman–Crippen LogP) is 2.31. The summed E-state index contributed by atoms with van der Waals surface area (Å²) in [7, 11) is 0. The fourth-order valence-electron chi connectivity index (χ4n) is 2.30. The van der Waals surface area contributed by atoms with Crippen molar-refractivity contribution in [2.24, 2.45) is 5.92 Å². The molecule has 2 rings (SSSR count). The maximum Gasteiger partial charge on any atom is 0.236 e. The summed E-state index contributed by atoms with van der Waals surface area (Å²) >= 11 is 1.51. The quantitative estimate of drug-likeness (QED) is 0.898. The summed E-state index contributed by atoms with van der Waals surface area (Å²) in [6.07, 6.45) is 4.67. The monoisotopic (exact) mass is 283 g/mol. The van der Waals surface area contributed by atoms with Gasteiger partial charge in [0, 0.05) is 6.04 Å². The molecule has 0 unspecified atom stereocenters. The molecule has 1 aromatic heterocycles. The van der Waals surface area contributed by atoms with Crippen molar-refractivity contribution in [3.63, 3.8) is 0 Å². The van der Waals surface area contributed by atoms with E-state index in [4.69, 9.17) is 4.52 Å². The normalized spacial score (nSPS) is 23.3. The third kappa shape index (κ3) is 4.86. The van der Waals surface area contributed by atoms with E-state index in [1.807, 2.05) is 0 Å². The van der Waals surface area contributed by atoms with Gasteiger partial charge in [0.25, 0.3) is 0 Å². The molecular formula is C13H21N3O2S. The highest BCUT2D eigenvalue weighted by Gasteiger charge is 2.19. The van der Waals surface area contributed by atoms with Gasteiger partial charge in [-0.25, -0.2) is 0 Å². The minimum atomic E-state index is 0.112. The molecule has 1 heterocycles. The highest BCUT2D eigenvalue weighted by atomic mass is 32.2. The van der Waals surface area contributed by atoms with E-state index in [2.05, 4.69) is 22.4 Å². The average Bonchev–Trinajstić information content (AvgIpc) is 2.78. The van der Waals surface area contributed by atoms with Gasteiger partial charge < -0.3 is 9.84 Å².